The molecular formula is C21H24N4O2. The zero-order valence-electron chi connectivity index (χ0n) is 15.4. The summed E-state index contributed by atoms with van der Waals surface area (Å²) in [5.41, 5.74) is 4.01. The van der Waals surface area contributed by atoms with Gasteiger partial charge in [0.05, 0.1) is 11.6 Å². The van der Waals surface area contributed by atoms with Crippen LogP contribution in [-0.4, -0.2) is 51.4 Å². The van der Waals surface area contributed by atoms with E-state index in [2.05, 4.69) is 39.6 Å². The monoisotopic (exact) mass is 364 g/mol. The second-order valence-electron chi connectivity index (χ2n) is 7.11. The Labute approximate surface area is 158 Å². The molecule has 0 saturated carbocycles. The maximum atomic E-state index is 12.5. The van der Waals surface area contributed by atoms with Crippen LogP contribution in [0.5, 0.6) is 0 Å². The summed E-state index contributed by atoms with van der Waals surface area (Å²) in [5, 5.41) is 18.3. The summed E-state index contributed by atoms with van der Waals surface area (Å²) in [6.07, 6.45) is 0.379. The number of fused-ring (bicyclic) bond motifs is 2. The topological polar surface area (TPSA) is 70.4 Å². The molecule has 0 bridgehead atoms. The van der Waals surface area contributed by atoms with Crippen molar-refractivity contribution in [2.75, 3.05) is 19.6 Å². The van der Waals surface area contributed by atoms with Crippen molar-refractivity contribution in [1.82, 2.24) is 20.0 Å². The number of carbonyl (C=O) groups excluding carboxylic acids is 1. The van der Waals surface area contributed by atoms with E-state index in [4.69, 9.17) is 0 Å². The van der Waals surface area contributed by atoms with Gasteiger partial charge in [-0.3, -0.25) is 14.4 Å². The first-order valence-electron chi connectivity index (χ1n) is 9.29. The molecule has 4 rings (SSSR count). The van der Waals surface area contributed by atoms with Crippen LogP contribution < -0.4 is 5.32 Å². The molecule has 0 fully saturated rings. The van der Waals surface area contributed by atoms with Crippen LogP contribution in [0.25, 0.3) is 10.9 Å². The molecule has 0 saturated heterocycles. The molecule has 6 heteroatoms. The molecule has 2 heterocycles. The Morgan fingerprint density at radius 3 is 2.78 bits per heavy atom. The highest BCUT2D eigenvalue weighted by atomic mass is 16.3. The molecular weight excluding hydrogens is 340 g/mol. The third-order valence-corrected chi connectivity index (χ3v) is 5.15. The maximum Gasteiger partial charge on any atom is 0.272 e. The number of nitrogens with one attached hydrogen (secondary N) is 1. The largest absolute Gasteiger partial charge is 0.390 e. The Morgan fingerprint density at radius 2 is 1.93 bits per heavy atom. The molecule has 1 aliphatic rings. The van der Waals surface area contributed by atoms with Gasteiger partial charge in [0.15, 0.2) is 5.69 Å². The quantitative estimate of drug-likeness (QED) is 0.723. The molecule has 0 unspecified atom stereocenters. The Kier molecular flexibility index (Phi) is 4.92. The van der Waals surface area contributed by atoms with E-state index in [0.717, 1.165) is 30.4 Å². The van der Waals surface area contributed by atoms with Crippen LogP contribution in [-0.2, 0) is 20.0 Å². The van der Waals surface area contributed by atoms with E-state index in [1.807, 2.05) is 31.3 Å². The minimum Gasteiger partial charge on any atom is -0.390 e. The van der Waals surface area contributed by atoms with E-state index in [0.29, 0.717) is 12.2 Å². The zero-order chi connectivity index (χ0) is 18.8. The van der Waals surface area contributed by atoms with Crippen LogP contribution >= 0.6 is 0 Å². The molecule has 140 valence electrons. The smallest absolute Gasteiger partial charge is 0.272 e. The van der Waals surface area contributed by atoms with Crippen molar-refractivity contribution in [3.8, 4) is 0 Å². The lowest BCUT2D eigenvalue weighted by Gasteiger charge is -2.30. The fraction of sp³-hybridized carbons (Fsp3) is 0.333. The van der Waals surface area contributed by atoms with E-state index < -0.39 is 6.10 Å². The highest BCUT2D eigenvalue weighted by Gasteiger charge is 2.20. The lowest BCUT2D eigenvalue weighted by molar-refractivity contribution is 0.0838. The van der Waals surface area contributed by atoms with Crippen molar-refractivity contribution >= 4 is 16.8 Å². The highest BCUT2D eigenvalue weighted by Crippen LogP contribution is 2.19. The standard InChI is InChI=1S/C21H24N4O2/c1-24-19-9-5-4-8-18(19)20(23-24)21(27)22-12-17(26)14-25-11-10-15-6-2-3-7-16(15)13-25/h2-9,17,26H,10-14H2,1H3,(H,22,27)/t17-/m0/s1. The lowest BCUT2D eigenvalue weighted by atomic mass is 10.00. The molecule has 2 aromatic carbocycles. The molecule has 27 heavy (non-hydrogen) atoms. The van der Waals surface area contributed by atoms with E-state index >= 15 is 0 Å². The maximum absolute atomic E-state index is 12.5. The SMILES string of the molecule is Cn1nc(C(=O)NC[C@H](O)CN2CCc3ccccc3C2)c2ccccc21. The molecule has 1 aliphatic heterocycles. The van der Waals surface area contributed by atoms with E-state index in [9.17, 15) is 9.90 Å². The number of amides is 1. The van der Waals surface area contributed by atoms with Gasteiger partial charge in [0.2, 0.25) is 0 Å². The first kappa shape index (κ1) is 17.7. The van der Waals surface area contributed by atoms with Gasteiger partial charge in [-0.2, -0.15) is 5.10 Å². The number of aliphatic hydroxyl groups is 1. The number of aliphatic hydroxyl groups excluding tert-OH is 1. The summed E-state index contributed by atoms with van der Waals surface area (Å²) in [6, 6.07) is 16.1. The predicted octanol–water partition coefficient (Wildman–Crippen LogP) is 1.72. The minimum absolute atomic E-state index is 0.210. The molecule has 3 aromatic rings. The number of rotatable bonds is 5. The fourth-order valence-electron chi connectivity index (χ4n) is 3.75. The molecule has 0 radical (unpaired) electrons. The van der Waals surface area contributed by atoms with Gasteiger partial charge < -0.3 is 10.4 Å². The fourth-order valence-corrected chi connectivity index (χ4v) is 3.75. The number of hydrogen-bond acceptors (Lipinski definition) is 4. The summed E-state index contributed by atoms with van der Waals surface area (Å²) >= 11 is 0. The molecule has 6 nitrogen and oxygen atoms in total. The number of nitrogens with zero attached hydrogens (tertiary/aromatic N) is 3. The van der Waals surface area contributed by atoms with Gasteiger partial charge >= 0.3 is 0 Å². The van der Waals surface area contributed by atoms with Gasteiger partial charge in [-0.15, -0.1) is 0 Å². The van der Waals surface area contributed by atoms with Gasteiger partial charge in [-0.05, 0) is 23.6 Å². The molecule has 2 N–H and O–H groups in total. The van der Waals surface area contributed by atoms with Crippen LogP contribution in [0.15, 0.2) is 48.5 Å². The second-order valence-corrected chi connectivity index (χ2v) is 7.11. The molecule has 0 spiro atoms. The van der Waals surface area contributed by atoms with Crippen molar-refractivity contribution in [3.63, 3.8) is 0 Å². The highest BCUT2D eigenvalue weighted by molar-refractivity contribution is 6.04. The summed E-state index contributed by atoms with van der Waals surface area (Å²) in [5.74, 6) is -0.255. The zero-order valence-corrected chi connectivity index (χ0v) is 15.4. The van der Waals surface area contributed by atoms with Gasteiger partial charge in [-0.1, -0.05) is 42.5 Å². The number of benzene rings is 2. The van der Waals surface area contributed by atoms with Crippen molar-refractivity contribution in [1.29, 1.82) is 0 Å². The normalized spacial score (nSPS) is 15.5. The predicted molar refractivity (Wildman–Crippen MR) is 104 cm³/mol. The van der Waals surface area contributed by atoms with E-state index in [-0.39, 0.29) is 12.5 Å². The first-order valence-corrected chi connectivity index (χ1v) is 9.29. The Hall–Kier alpha value is -2.70. The number of β-amino-alcohol motifs (C(OH)–C–C–N with tert-alkyl or cyclic N) is 1. The van der Waals surface area contributed by atoms with Crippen molar-refractivity contribution in [2.24, 2.45) is 7.05 Å². The van der Waals surface area contributed by atoms with Crippen molar-refractivity contribution < 1.29 is 9.90 Å². The van der Waals surface area contributed by atoms with Gasteiger partial charge in [0.1, 0.15) is 0 Å². The van der Waals surface area contributed by atoms with Gasteiger partial charge in [0.25, 0.3) is 5.91 Å². The molecule has 1 aromatic heterocycles. The van der Waals surface area contributed by atoms with Crippen molar-refractivity contribution in [3.05, 3.63) is 65.4 Å². The molecule has 0 aliphatic carbocycles. The number of aromatic nitrogens is 2. The van der Waals surface area contributed by atoms with E-state index in [1.54, 1.807) is 4.68 Å². The number of hydrogen-bond donors (Lipinski definition) is 2. The summed E-state index contributed by atoms with van der Waals surface area (Å²) in [4.78, 5) is 14.8. The summed E-state index contributed by atoms with van der Waals surface area (Å²) in [6.45, 7) is 2.51. The Balaban J connectivity index is 1.34. The second kappa shape index (κ2) is 7.50. The Bertz CT molecular complexity index is 966. The van der Waals surface area contributed by atoms with Crippen molar-refractivity contribution in [2.45, 2.75) is 19.1 Å². The molecule has 1 amide bonds. The summed E-state index contributed by atoms with van der Waals surface area (Å²) in [7, 11) is 1.82. The lowest BCUT2D eigenvalue weighted by Crippen LogP contribution is -2.42. The van der Waals surface area contributed by atoms with Crippen LogP contribution in [0.2, 0.25) is 0 Å². The average molecular weight is 364 g/mol. The number of carbonyl (C=O) groups is 1. The van der Waals surface area contributed by atoms with E-state index in [1.165, 1.54) is 11.1 Å². The van der Waals surface area contributed by atoms with Crippen LogP contribution in [0, 0.1) is 0 Å². The number of para-hydroxylation sites is 1. The third kappa shape index (κ3) is 3.72. The molecule has 1 atom stereocenters. The van der Waals surface area contributed by atoms with Crippen LogP contribution in [0.1, 0.15) is 21.6 Å². The minimum atomic E-state index is -0.616. The average Bonchev–Trinajstić information content (AvgIpc) is 3.03. The first-order chi connectivity index (χ1) is 13.1. The van der Waals surface area contributed by atoms with Gasteiger partial charge in [-0.25, -0.2) is 0 Å². The Morgan fingerprint density at radius 1 is 1.19 bits per heavy atom. The third-order valence-electron chi connectivity index (χ3n) is 5.15. The summed E-state index contributed by atoms with van der Waals surface area (Å²) < 4.78 is 1.70. The van der Waals surface area contributed by atoms with Crippen LogP contribution in [0.4, 0.5) is 0 Å². The van der Waals surface area contributed by atoms with Gasteiger partial charge in [0, 0.05) is 38.6 Å². The van der Waals surface area contributed by atoms with Crippen LogP contribution in [0.3, 0.4) is 0 Å². The number of aryl methyl sites for hydroxylation is 1.